The number of carbonyl (C=O) groups excluding carboxylic acids is 1. The van der Waals surface area contributed by atoms with Crippen molar-refractivity contribution >= 4 is 22.9 Å². The molecule has 9 heteroatoms. The molecule has 2 saturated heterocycles. The Balaban J connectivity index is 1.48. The lowest BCUT2D eigenvalue weighted by atomic mass is 10.2. The summed E-state index contributed by atoms with van der Waals surface area (Å²) in [6.45, 7) is 13.6. The Labute approximate surface area is 231 Å². The van der Waals surface area contributed by atoms with Crippen LogP contribution in [0, 0.1) is 0 Å². The topological polar surface area (TPSA) is 82.0 Å². The van der Waals surface area contributed by atoms with Gasteiger partial charge in [0.25, 0.3) is 0 Å². The number of morpholine rings is 1. The van der Waals surface area contributed by atoms with Crippen LogP contribution >= 0.6 is 0 Å². The highest BCUT2D eigenvalue weighted by Gasteiger charge is 2.33. The van der Waals surface area contributed by atoms with Gasteiger partial charge in [0.15, 0.2) is 0 Å². The minimum absolute atomic E-state index is 0.123. The number of hydrogen-bond donors (Lipinski definition) is 0. The van der Waals surface area contributed by atoms with Crippen LogP contribution in [0.1, 0.15) is 54.4 Å². The van der Waals surface area contributed by atoms with Crippen molar-refractivity contribution in [2.75, 3.05) is 25.1 Å². The molecule has 2 aromatic heterocycles. The maximum absolute atomic E-state index is 12.9. The zero-order chi connectivity index (χ0) is 27.9. The summed E-state index contributed by atoms with van der Waals surface area (Å²) in [6.07, 6.45) is 3.58. The number of ether oxygens (including phenoxy) is 3. The Bertz CT molecular complexity index is 1310. The molecule has 1 amide bonds. The third-order valence-corrected chi connectivity index (χ3v) is 7.54. The quantitative estimate of drug-likeness (QED) is 0.426. The number of amides is 1. The number of hydrogen-bond acceptors (Lipinski definition) is 7. The SMILES string of the molecule is COc1cccc2nc(-c3ccc(N4[C@@H](C)CC[C@@H]4C)nc3)n(CC3CN(C(=O)OC(C)(C)C)C[C@H](C)O3)c12. The van der Waals surface area contributed by atoms with Crippen molar-refractivity contribution in [2.24, 2.45) is 0 Å². The standard InChI is InChI=1S/C30H41N5O4/c1-19-11-12-20(2)35(19)26-14-13-22(15-31-26)28-32-24-9-8-10-25(37-7)27(24)34(28)18-23-17-33(16-21(3)38-23)29(36)39-30(4,5)6/h8-10,13-15,19-21,23H,11-12,16-18H2,1-7H3/t19-,20-,21-,23?/m0/s1. The van der Waals surface area contributed by atoms with Crippen LogP contribution in [0.25, 0.3) is 22.4 Å². The second-order valence-corrected chi connectivity index (χ2v) is 11.9. The molecule has 9 nitrogen and oxygen atoms in total. The van der Waals surface area contributed by atoms with E-state index in [1.165, 1.54) is 12.8 Å². The van der Waals surface area contributed by atoms with Crippen molar-refractivity contribution in [1.29, 1.82) is 0 Å². The zero-order valence-electron chi connectivity index (χ0n) is 24.2. The van der Waals surface area contributed by atoms with Gasteiger partial charge in [-0.1, -0.05) is 6.07 Å². The molecule has 1 aromatic carbocycles. The molecule has 39 heavy (non-hydrogen) atoms. The lowest BCUT2D eigenvalue weighted by Crippen LogP contribution is -2.51. The highest BCUT2D eigenvalue weighted by Crippen LogP contribution is 2.34. The average molecular weight is 536 g/mol. The molecule has 0 spiro atoms. The summed E-state index contributed by atoms with van der Waals surface area (Å²) in [5.74, 6) is 2.53. The monoisotopic (exact) mass is 535 g/mol. The van der Waals surface area contributed by atoms with Crippen molar-refractivity contribution in [3.63, 3.8) is 0 Å². The van der Waals surface area contributed by atoms with Crippen molar-refractivity contribution < 1.29 is 19.0 Å². The van der Waals surface area contributed by atoms with Gasteiger partial charge in [-0.15, -0.1) is 0 Å². The maximum atomic E-state index is 12.9. The number of rotatable bonds is 5. The molecule has 1 unspecified atom stereocenters. The summed E-state index contributed by atoms with van der Waals surface area (Å²) in [5, 5.41) is 0. The third-order valence-electron chi connectivity index (χ3n) is 7.54. The van der Waals surface area contributed by atoms with Crippen LogP contribution in [0.5, 0.6) is 5.75 Å². The van der Waals surface area contributed by atoms with Gasteiger partial charge in [0.2, 0.25) is 0 Å². The van der Waals surface area contributed by atoms with E-state index in [1.807, 2.05) is 52.1 Å². The third kappa shape index (κ3) is 5.69. The van der Waals surface area contributed by atoms with Crippen LogP contribution in [-0.4, -0.2) is 75.6 Å². The first-order valence-electron chi connectivity index (χ1n) is 14.0. The summed E-state index contributed by atoms with van der Waals surface area (Å²) in [7, 11) is 1.67. The predicted octanol–water partition coefficient (Wildman–Crippen LogP) is 5.51. The number of carbonyl (C=O) groups is 1. The highest BCUT2D eigenvalue weighted by atomic mass is 16.6. The van der Waals surface area contributed by atoms with Gasteiger partial charge in [-0.2, -0.15) is 0 Å². The largest absolute Gasteiger partial charge is 0.494 e. The molecule has 0 radical (unpaired) electrons. The summed E-state index contributed by atoms with van der Waals surface area (Å²) in [4.78, 5) is 26.9. The van der Waals surface area contributed by atoms with E-state index in [0.717, 1.165) is 34.0 Å². The number of pyridine rings is 1. The zero-order valence-corrected chi connectivity index (χ0v) is 24.2. The van der Waals surface area contributed by atoms with Gasteiger partial charge in [-0.05, 0) is 78.6 Å². The lowest BCUT2D eigenvalue weighted by Gasteiger charge is -2.37. The molecule has 4 atom stereocenters. The number of benzene rings is 1. The fourth-order valence-corrected chi connectivity index (χ4v) is 5.86. The number of fused-ring (bicyclic) bond motifs is 1. The second kappa shape index (κ2) is 10.7. The molecule has 0 aliphatic carbocycles. The van der Waals surface area contributed by atoms with Gasteiger partial charge < -0.3 is 28.6 Å². The Kier molecular flexibility index (Phi) is 7.46. The summed E-state index contributed by atoms with van der Waals surface area (Å²) in [5.41, 5.74) is 2.10. The van der Waals surface area contributed by atoms with Gasteiger partial charge in [0.05, 0.1) is 44.5 Å². The van der Waals surface area contributed by atoms with Gasteiger partial charge in [-0.25, -0.2) is 14.8 Å². The Morgan fingerprint density at radius 3 is 2.46 bits per heavy atom. The molecule has 2 aliphatic rings. The van der Waals surface area contributed by atoms with Crippen molar-refractivity contribution in [1.82, 2.24) is 19.4 Å². The van der Waals surface area contributed by atoms with E-state index in [4.69, 9.17) is 24.2 Å². The fourth-order valence-electron chi connectivity index (χ4n) is 5.86. The number of methoxy groups -OCH3 is 1. The van der Waals surface area contributed by atoms with Gasteiger partial charge in [0, 0.05) is 23.8 Å². The van der Waals surface area contributed by atoms with Gasteiger partial charge >= 0.3 is 6.09 Å². The molecule has 0 saturated carbocycles. The minimum Gasteiger partial charge on any atom is -0.494 e. The van der Waals surface area contributed by atoms with Gasteiger partial charge in [-0.3, -0.25) is 0 Å². The van der Waals surface area contributed by atoms with E-state index in [2.05, 4.69) is 35.4 Å². The van der Waals surface area contributed by atoms with E-state index in [1.54, 1.807) is 12.0 Å². The number of aromatic nitrogens is 3. The molecular formula is C30H41N5O4. The molecular weight excluding hydrogens is 494 g/mol. The molecule has 3 aromatic rings. The Morgan fingerprint density at radius 1 is 1.08 bits per heavy atom. The van der Waals surface area contributed by atoms with Crippen LogP contribution in [0.3, 0.4) is 0 Å². The van der Waals surface area contributed by atoms with E-state index < -0.39 is 5.60 Å². The normalized spacial score (nSPS) is 23.9. The maximum Gasteiger partial charge on any atom is 0.410 e. The van der Waals surface area contributed by atoms with Crippen LogP contribution in [0.4, 0.5) is 10.6 Å². The second-order valence-electron chi connectivity index (χ2n) is 11.9. The van der Waals surface area contributed by atoms with Crippen LogP contribution in [-0.2, 0) is 16.0 Å². The molecule has 2 fully saturated rings. The van der Waals surface area contributed by atoms with Crippen molar-refractivity contribution in [2.45, 2.75) is 90.8 Å². The first kappa shape index (κ1) is 27.2. The summed E-state index contributed by atoms with van der Waals surface area (Å²) in [6, 6.07) is 11.0. The minimum atomic E-state index is -0.557. The first-order valence-corrected chi connectivity index (χ1v) is 14.0. The van der Waals surface area contributed by atoms with Crippen molar-refractivity contribution in [3.8, 4) is 17.1 Å². The summed E-state index contributed by atoms with van der Waals surface area (Å²) < 4.78 is 19.9. The van der Waals surface area contributed by atoms with E-state index in [0.29, 0.717) is 31.7 Å². The highest BCUT2D eigenvalue weighted by molar-refractivity contribution is 5.86. The van der Waals surface area contributed by atoms with Gasteiger partial charge in [0.1, 0.15) is 28.5 Å². The van der Waals surface area contributed by atoms with E-state index in [9.17, 15) is 4.79 Å². The molecule has 0 N–H and O–H groups in total. The molecule has 210 valence electrons. The molecule has 2 aliphatic heterocycles. The first-order chi connectivity index (χ1) is 18.5. The number of anilines is 1. The van der Waals surface area contributed by atoms with Crippen LogP contribution in [0.2, 0.25) is 0 Å². The predicted molar refractivity (Wildman–Crippen MR) is 152 cm³/mol. The molecule has 0 bridgehead atoms. The smallest absolute Gasteiger partial charge is 0.410 e. The number of para-hydroxylation sites is 1. The Morgan fingerprint density at radius 2 is 1.82 bits per heavy atom. The van der Waals surface area contributed by atoms with E-state index in [-0.39, 0.29) is 18.3 Å². The molecule has 5 rings (SSSR count). The fraction of sp³-hybridized carbons (Fsp3) is 0.567. The van der Waals surface area contributed by atoms with Crippen LogP contribution < -0.4 is 9.64 Å². The van der Waals surface area contributed by atoms with Crippen LogP contribution in [0.15, 0.2) is 36.5 Å². The number of imidazole rings is 1. The lowest BCUT2D eigenvalue weighted by molar-refractivity contribution is -0.0845. The van der Waals surface area contributed by atoms with Crippen molar-refractivity contribution in [3.05, 3.63) is 36.5 Å². The van der Waals surface area contributed by atoms with E-state index >= 15 is 0 Å². The number of nitrogens with zero attached hydrogens (tertiary/aromatic N) is 5. The Hall–Kier alpha value is -3.33. The summed E-state index contributed by atoms with van der Waals surface area (Å²) >= 11 is 0. The molecule has 4 heterocycles. The average Bonchev–Trinajstić information content (AvgIpc) is 3.42.